The Morgan fingerprint density at radius 1 is 1.58 bits per heavy atom. The van der Waals surface area contributed by atoms with Crippen LogP contribution in [0.4, 0.5) is 0 Å². The Labute approximate surface area is 113 Å². The molecular weight excluding hydrogens is 240 g/mol. The highest BCUT2D eigenvalue weighted by Gasteiger charge is 2.05. The number of nitrogens with zero attached hydrogens (tertiary/aromatic N) is 2. The van der Waals surface area contributed by atoms with E-state index in [9.17, 15) is 4.79 Å². The molecule has 0 spiro atoms. The number of likely N-dealkylation sites (N-methyl/N-ethyl adjacent to an activating group) is 1. The summed E-state index contributed by atoms with van der Waals surface area (Å²) in [6.45, 7) is 2.21. The van der Waals surface area contributed by atoms with Crippen molar-refractivity contribution in [3.63, 3.8) is 0 Å². The molecule has 1 aromatic rings. The lowest BCUT2D eigenvalue weighted by Crippen LogP contribution is -2.27. The van der Waals surface area contributed by atoms with Gasteiger partial charge in [-0.3, -0.25) is 4.79 Å². The molecule has 1 atom stereocenters. The number of nitriles is 1. The quantitative estimate of drug-likeness (QED) is 0.819. The fraction of sp³-hybridized carbons (Fsp3) is 0.333. The summed E-state index contributed by atoms with van der Waals surface area (Å²) in [6, 6.07) is 9.10. The minimum atomic E-state index is -0.411. The first kappa shape index (κ1) is 14.9. The van der Waals surface area contributed by atoms with Gasteiger partial charge in [-0.2, -0.15) is 5.26 Å². The van der Waals surface area contributed by atoms with Crippen LogP contribution in [0.25, 0.3) is 6.08 Å². The SMILES string of the molecule is CC(O)CCN(C)C(=O)/C=C/c1cccc(C#N)c1. The van der Waals surface area contributed by atoms with Crippen LogP contribution in [-0.4, -0.2) is 35.6 Å². The molecule has 1 aromatic carbocycles. The molecule has 4 heteroatoms. The maximum Gasteiger partial charge on any atom is 0.246 e. The predicted molar refractivity (Wildman–Crippen MR) is 74.1 cm³/mol. The molecule has 19 heavy (non-hydrogen) atoms. The molecule has 0 heterocycles. The molecule has 0 bridgehead atoms. The van der Waals surface area contributed by atoms with Crippen LogP contribution >= 0.6 is 0 Å². The summed E-state index contributed by atoms with van der Waals surface area (Å²) in [5.41, 5.74) is 1.38. The molecule has 0 radical (unpaired) electrons. The Morgan fingerprint density at radius 2 is 2.32 bits per heavy atom. The summed E-state index contributed by atoms with van der Waals surface area (Å²) in [6.07, 6.45) is 3.30. The van der Waals surface area contributed by atoms with E-state index < -0.39 is 6.10 Å². The maximum absolute atomic E-state index is 11.8. The van der Waals surface area contributed by atoms with E-state index >= 15 is 0 Å². The Morgan fingerprint density at radius 3 is 2.95 bits per heavy atom. The predicted octanol–water partition coefficient (Wildman–Crippen LogP) is 1.80. The molecule has 1 unspecified atom stereocenters. The molecule has 0 fully saturated rings. The van der Waals surface area contributed by atoms with Crippen LogP contribution in [0.3, 0.4) is 0 Å². The average molecular weight is 258 g/mol. The van der Waals surface area contributed by atoms with Crippen LogP contribution in [0.5, 0.6) is 0 Å². The second-order valence-electron chi connectivity index (χ2n) is 4.47. The number of aliphatic hydroxyl groups is 1. The van der Waals surface area contributed by atoms with Gasteiger partial charge in [0.25, 0.3) is 0 Å². The number of benzene rings is 1. The van der Waals surface area contributed by atoms with Gasteiger partial charge >= 0.3 is 0 Å². The van der Waals surface area contributed by atoms with Gasteiger partial charge in [-0.1, -0.05) is 12.1 Å². The lowest BCUT2D eigenvalue weighted by molar-refractivity contribution is -0.124. The van der Waals surface area contributed by atoms with E-state index in [1.54, 1.807) is 43.1 Å². The number of aliphatic hydroxyl groups excluding tert-OH is 1. The van der Waals surface area contributed by atoms with Gasteiger partial charge in [0.05, 0.1) is 17.7 Å². The van der Waals surface area contributed by atoms with Crippen LogP contribution in [-0.2, 0) is 4.79 Å². The third-order valence-electron chi connectivity index (χ3n) is 2.69. The van der Waals surface area contributed by atoms with Gasteiger partial charge in [0.15, 0.2) is 0 Å². The molecule has 4 nitrogen and oxygen atoms in total. The molecular formula is C15H18N2O2. The van der Waals surface area contributed by atoms with E-state index in [4.69, 9.17) is 10.4 Å². The zero-order valence-electron chi connectivity index (χ0n) is 11.2. The molecule has 0 aliphatic heterocycles. The molecule has 0 aromatic heterocycles. The fourth-order valence-corrected chi connectivity index (χ4v) is 1.50. The van der Waals surface area contributed by atoms with Gasteiger partial charge in [-0.25, -0.2) is 0 Å². The highest BCUT2D eigenvalue weighted by molar-refractivity contribution is 5.91. The smallest absolute Gasteiger partial charge is 0.246 e. The first-order valence-corrected chi connectivity index (χ1v) is 6.14. The highest BCUT2D eigenvalue weighted by atomic mass is 16.3. The summed E-state index contributed by atoms with van der Waals surface area (Å²) in [5, 5.41) is 17.9. The van der Waals surface area contributed by atoms with Crippen molar-refractivity contribution >= 4 is 12.0 Å². The van der Waals surface area contributed by atoms with Crippen molar-refractivity contribution in [1.82, 2.24) is 4.90 Å². The number of carbonyl (C=O) groups is 1. The molecule has 0 aliphatic carbocycles. The van der Waals surface area contributed by atoms with Crippen LogP contribution in [0.15, 0.2) is 30.3 Å². The molecule has 0 saturated heterocycles. The van der Waals surface area contributed by atoms with E-state index in [0.717, 1.165) is 5.56 Å². The first-order valence-electron chi connectivity index (χ1n) is 6.14. The van der Waals surface area contributed by atoms with Gasteiger partial charge < -0.3 is 10.0 Å². The first-order chi connectivity index (χ1) is 9.02. The van der Waals surface area contributed by atoms with E-state index in [1.165, 1.54) is 6.08 Å². The zero-order chi connectivity index (χ0) is 14.3. The second-order valence-corrected chi connectivity index (χ2v) is 4.47. The third-order valence-corrected chi connectivity index (χ3v) is 2.69. The lowest BCUT2D eigenvalue weighted by atomic mass is 10.1. The van der Waals surface area contributed by atoms with Crippen molar-refractivity contribution in [2.24, 2.45) is 0 Å². The normalized spacial score (nSPS) is 12.1. The van der Waals surface area contributed by atoms with Crippen molar-refractivity contribution in [2.75, 3.05) is 13.6 Å². The third kappa shape index (κ3) is 5.36. The van der Waals surface area contributed by atoms with Gasteiger partial charge in [-0.15, -0.1) is 0 Å². The summed E-state index contributed by atoms with van der Waals surface area (Å²) < 4.78 is 0. The Bertz CT molecular complexity index is 501. The van der Waals surface area contributed by atoms with Crippen molar-refractivity contribution < 1.29 is 9.90 Å². The van der Waals surface area contributed by atoms with E-state index in [-0.39, 0.29) is 5.91 Å². The molecule has 100 valence electrons. The molecule has 0 saturated carbocycles. The van der Waals surface area contributed by atoms with Crippen molar-refractivity contribution in [3.05, 3.63) is 41.5 Å². The number of amides is 1. The number of hydrogen-bond acceptors (Lipinski definition) is 3. The molecule has 1 rings (SSSR count). The van der Waals surface area contributed by atoms with Crippen molar-refractivity contribution in [3.8, 4) is 6.07 Å². The van der Waals surface area contributed by atoms with Gasteiger partial charge in [0.2, 0.25) is 5.91 Å². The molecule has 1 N–H and O–H groups in total. The summed E-state index contributed by atoms with van der Waals surface area (Å²) in [7, 11) is 1.70. The number of carbonyl (C=O) groups excluding carboxylic acids is 1. The van der Waals surface area contributed by atoms with Gasteiger partial charge in [0.1, 0.15) is 0 Å². The van der Waals surface area contributed by atoms with Gasteiger partial charge in [-0.05, 0) is 37.1 Å². The monoisotopic (exact) mass is 258 g/mol. The maximum atomic E-state index is 11.8. The highest BCUT2D eigenvalue weighted by Crippen LogP contribution is 2.06. The van der Waals surface area contributed by atoms with E-state index in [1.807, 2.05) is 6.07 Å². The van der Waals surface area contributed by atoms with Crippen LogP contribution in [0, 0.1) is 11.3 Å². The standard InChI is InChI=1S/C15H18N2O2/c1-12(18)8-9-17(2)15(19)7-6-13-4-3-5-14(10-13)11-16/h3-7,10,12,18H,8-9H2,1-2H3/b7-6+. The van der Waals surface area contributed by atoms with E-state index in [0.29, 0.717) is 18.5 Å². The zero-order valence-corrected chi connectivity index (χ0v) is 11.2. The fourth-order valence-electron chi connectivity index (χ4n) is 1.50. The topological polar surface area (TPSA) is 64.3 Å². The van der Waals surface area contributed by atoms with Crippen molar-refractivity contribution in [1.29, 1.82) is 5.26 Å². The molecule has 0 aliphatic rings. The average Bonchev–Trinajstić information content (AvgIpc) is 2.42. The van der Waals surface area contributed by atoms with Crippen LogP contribution in [0.1, 0.15) is 24.5 Å². The Hall–Kier alpha value is -2.12. The minimum Gasteiger partial charge on any atom is -0.393 e. The Balaban J connectivity index is 2.60. The van der Waals surface area contributed by atoms with Crippen molar-refractivity contribution in [2.45, 2.75) is 19.4 Å². The summed E-state index contributed by atoms with van der Waals surface area (Å²) >= 11 is 0. The summed E-state index contributed by atoms with van der Waals surface area (Å²) in [4.78, 5) is 13.3. The number of rotatable bonds is 5. The Kier molecular flexibility index (Phi) is 5.77. The number of hydrogen-bond donors (Lipinski definition) is 1. The minimum absolute atomic E-state index is 0.122. The van der Waals surface area contributed by atoms with Gasteiger partial charge in [0, 0.05) is 19.7 Å². The molecule has 1 amide bonds. The van der Waals surface area contributed by atoms with Crippen LogP contribution in [0.2, 0.25) is 0 Å². The summed E-state index contributed by atoms with van der Waals surface area (Å²) in [5.74, 6) is -0.122. The van der Waals surface area contributed by atoms with Crippen LogP contribution < -0.4 is 0 Å². The largest absolute Gasteiger partial charge is 0.393 e. The second kappa shape index (κ2) is 7.34. The van der Waals surface area contributed by atoms with E-state index in [2.05, 4.69) is 6.07 Å². The lowest BCUT2D eigenvalue weighted by Gasteiger charge is -2.15.